The largest absolute Gasteiger partial charge is 0.482 e. The molecule has 2 bridgehead atoms. The van der Waals surface area contributed by atoms with Crippen LogP contribution in [0.4, 0.5) is 10.2 Å². The van der Waals surface area contributed by atoms with Crippen molar-refractivity contribution in [1.29, 1.82) is 0 Å². The van der Waals surface area contributed by atoms with Gasteiger partial charge in [-0.2, -0.15) is 0 Å². The van der Waals surface area contributed by atoms with E-state index in [2.05, 4.69) is 4.98 Å². The Morgan fingerprint density at radius 2 is 2.03 bits per heavy atom. The maximum Gasteiger partial charge on any atom is 0.254 e. The summed E-state index contributed by atoms with van der Waals surface area (Å²) in [5.41, 5.74) is 14.7. The number of anilines is 1. The van der Waals surface area contributed by atoms with Gasteiger partial charge in [-0.25, -0.2) is 15.2 Å². The van der Waals surface area contributed by atoms with Crippen LogP contribution in [0, 0.1) is 11.7 Å². The number of aromatic nitrogens is 1. The number of hydrogen-bond acceptors (Lipinski definition) is 7. The van der Waals surface area contributed by atoms with Crippen LogP contribution in [0.2, 0.25) is 0 Å². The van der Waals surface area contributed by atoms with Gasteiger partial charge < -0.3 is 26.1 Å². The smallest absolute Gasteiger partial charge is 0.254 e. The molecule has 1 amide bonds. The van der Waals surface area contributed by atoms with Crippen LogP contribution in [0.3, 0.4) is 0 Å². The van der Waals surface area contributed by atoms with Crippen molar-refractivity contribution in [3.05, 3.63) is 58.7 Å². The molecule has 2 heterocycles. The Labute approximate surface area is 181 Å². The molecule has 0 aliphatic carbocycles. The van der Waals surface area contributed by atoms with Crippen molar-refractivity contribution < 1.29 is 13.9 Å². The van der Waals surface area contributed by atoms with Crippen molar-refractivity contribution in [3.8, 4) is 5.75 Å². The van der Waals surface area contributed by atoms with E-state index in [0.717, 1.165) is 0 Å². The number of fused-ring (bicyclic) bond motifs is 3. The molecule has 0 saturated heterocycles. The maximum atomic E-state index is 14.0. The summed E-state index contributed by atoms with van der Waals surface area (Å²) >= 11 is 0. The van der Waals surface area contributed by atoms with E-state index >= 15 is 0 Å². The van der Waals surface area contributed by atoms with E-state index < -0.39 is 11.9 Å². The first-order valence-electron chi connectivity index (χ1n) is 10.1. The lowest BCUT2D eigenvalue weighted by molar-refractivity contribution is 0.0801. The molecule has 31 heavy (non-hydrogen) atoms. The van der Waals surface area contributed by atoms with Crippen molar-refractivity contribution in [3.63, 3.8) is 0 Å². The Bertz CT molecular complexity index is 1020. The third kappa shape index (κ3) is 4.72. The predicted molar refractivity (Wildman–Crippen MR) is 118 cm³/mol. The molecule has 0 spiro atoms. The van der Waals surface area contributed by atoms with E-state index in [1.165, 1.54) is 23.1 Å². The monoisotopic (exact) mass is 428 g/mol. The average molecular weight is 429 g/mol. The predicted octanol–water partition coefficient (Wildman–Crippen LogP) is 2.49. The first-order chi connectivity index (χ1) is 14.6. The van der Waals surface area contributed by atoms with Gasteiger partial charge >= 0.3 is 0 Å². The first kappa shape index (κ1) is 22.4. The molecular formula is C22H29FN6O2. The van der Waals surface area contributed by atoms with Gasteiger partial charge in [-0.3, -0.25) is 4.79 Å². The van der Waals surface area contributed by atoms with Crippen LogP contribution in [0.1, 0.15) is 48.4 Å². The van der Waals surface area contributed by atoms with Gasteiger partial charge in [0, 0.05) is 36.5 Å². The average Bonchev–Trinajstić information content (AvgIpc) is 2.68. The fraction of sp³-hybridized carbons (Fsp3) is 0.364. The SMILES string of the molecule is CC(C)CN(N)/C1=C(\N)CN(C)C(=O)c2ccc(F)cc2[C@@H](C)Oc2cc1cnc2N. The highest BCUT2D eigenvalue weighted by atomic mass is 19.1. The number of nitrogens with zero attached hydrogens (tertiary/aromatic N) is 3. The number of pyridine rings is 1. The summed E-state index contributed by atoms with van der Waals surface area (Å²) in [6.07, 6.45) is 0.910. The summed E-state index contributed by atoms with van der Waals surface area (Å²) in [6, 6.07) is 5.69. The van der Waals surface area contributed by atoms with Crippen LogP contribution in [0.25, 0.3) is 5.70 Å². The highest BCUT2D eigenvalue weighted by Crippen LogP contribution is 2.32. The molecule has 2 aromatic rings. The van der Waals surface area contributed by atoms with Crippen molar-refractivity contribution in [2.24, 2.45) is 17.5 Å². The van der Waals surface area contributed by atoms with Crippen molar-refractivity contribution >= 4 is 17.4 Å². The van der Waals surface area contributed by atoms with Crippen LogP contribution in [0.15, 0.2) is 36.2 Å². The number of nitrogen functional groups attached to an aromatic ring is 1. The number of benzene rings is 1. The second-order valence-corrected chi connectivity index (χ2v) is 8.18. The van der Waals surface area contributed by atoms with Crippen LogP contribution in [-0.2, 0) is 0 Å². The van der Waals surface area contributed by atoms with E-state index in [-0.39, 0.29) is 24.2 Å². The number of ether oxygens (including phenoxy) is 1. The lowest BCUT2D eigenvalue weighted by Gasteiger charge is -2.29. The second kappa shape index (κ2) is 8.81. The Balaban J connectivity index is 2.21. The molecule has 166 valence electrons. The highest BCUT2D eigenvalue weighted by molar-refractivity contribution is 5.96. The number of rotatable bonds is 3. The van der Waals surface area contributed by atoms with E-state index in [0.29, 0.717) is 40.4 Å². The Kier molecular flexibility index (Phi) is 6.35. The molecule has 0 radical (unpaired) electrons. The van der Waals surface area contributed by atoms with E-state index in [4.69, 9.17) is 22.0 Å². The normalized spacial score (nSPS) is 19.4. The summed E-state index contributed by atoms with van der Waals surface area (Å²) in [5.74, 6) is 6.31. The molecule has 0 unspecified atom stereocenters. The number of likely N-dealkylation sites (N-methyl/N-ethyl adjacent to an activating group) is 1. The lowest BCUT2D eigenvalue weighted by Crippen LogP contribution is -2.38. The summed E-state index contributed by atoms with van der Waals surface area (Å²) in [6.45, 7) is 6.45. The molecule has 1 aliphatic heterocycles. The Hall–Kier alpha value is -3.33. The van der Waals surface area contributed by atoms with Gasteiger partial charge in [-0.15, -0.1) is 0 Å². The number of halogens is 1. The zero-order chi connectivity index (χ0) is 22.9. The van der Waals surface area contributed by atoms with Crippen molar-refractivity contribution in [1.82, 2.24) is 14.9 Å². The van der Waals surface area contributed by atoms with Gasteiger partial charge in [0.2, 0.25) is 0 Å². The molecule has 9 heteroatoms. The Morgan fingerprint density at radius 3 is 2.71 bits per heavy atom. The molecule has 1 aliphatic rings. The third-order valence-corrected chi connectivity index (χ3v) is 5.05. The third-order valence-electron chi connectivity index (χ3n) is 5.05. The molecule has 3 rings (SSSR count). The molecule has 6 N–H and O–H groups in total. The topological polar surface area (TPSA) is 124 Å². The summed E-state index contributed by atoms with van der Waals surface area (Å²) in [7, 11) is 1.63. The number of carbonyl (C=O) groups is 1. The van der Waals surface area contributed by atoms with E-state index in [1.54, 1.807) is 31.2 Å². The van der Waals surface area contributed by atoms with Gasteiger partial charge in [0.05, 0.1) is 17.9 Å². The molecule has 0 saturated carbocycles. The number of nitrogens with two attached hydrogens (primary N) is 3. The fourth-order valence-electron chi connectivity index (χ4n) is 3.63. The molecule has 1 aromatic carbocycles. The van der Waals surface area contributed by atoms with Crippen molar-refractivity contribution in [2.75, 3.05) is 25.9 Å². The van der Waals surface area contributed by atoms with Crippen LogP contribution >= 0.6 is 0 Å². The molecular weight excluding hydrogens is 399 g/mol. The van der Waals surface area contributed by atoms with Gasteiger partial charge in [0.15, 0.2) is 11.6 Å². The standard InChI is InChI=1S/C22H29FN6O2/c1-12(2)10-29(26)20-14-7-19(21(25)27-9-14)31-13(3)17-8-15(23)5-6-16(17)22(30)28(4)11-18(20)24/h5-9,12-13H,10-11,24,26H2,1-4H3,(H2,25,27)/b20-18-/t13-/m1/s1. The van der Waals surface area contributed by atoms with Crippen LogP contribution < -0.4 is 22.0 Å². The minimum absolute atomic E-state index is 0.117. The summed E-state index contributed by atoms with van der Waals surface area (Å²) < 4.78 is 20.0. The summed E-state index contributed by atoms with van der Waals surface area (Å²) in [5, 5.41) is 1.55. The Morgan fingerprint density at radius 1 is 1.32 bits per heavy atom. The number of hydrazine groups is 1. The highest BCUT2D eigenvalue weighted by Gasteiger charge is 2.25. The minimum atomic E-state index is -0.656. The number of hydrogen-bond donors (Lipinski definition) is 3. The summed E-state index contributed by atoms with van der Waals surface area (Å²) in [4.78, 5) is 18.9. The molecule has 0 fully saturated rings. The zero-order valence-corrected chi connectivity index (χ0v) is 18.2. The van der Waals surface area contributed by atoms with Gasteiger partial charge in [-0.05, 0) is 37.1 Å². The number of carbonyl (C=O) groups excluding carboxylic acids is 1. The van der Waals surface area contributed by atoms with E-state index in [1.807, 2.05) is 13.8 Å². The zero-order valence-electron chi connectivity index (χ0n) is 18.2. The number of amides is 1. The first-order valence-corrected chi connectivity index (χ1v) is 10.1. The van der Waals surface area contributed by atoms with E-state index in [9.17, 15) is 9.18 Å². The van der Waals surface area contributed by atoms with Gasteiger partial charge in [0.1, 0.15) is 11.9 Å². The maximum absolute atomic E-state index is 14.0. The lowest BCUT2D eigenvalue weighted by atomic mass is 10.0. The van der Waals surface area contributed by atoms with Crippen LogP contribution in [-0.4, -0.2) is 40.9 Å². The molecule has 8 nitrogen and oxygen atoms in total. The second-order valence-electron chi connectivity index (χ2n) is 8.18. The van der Waals surface area contributed by atoms with Crippen LogP contribution in [0.5, 0.6) is 5.75 Å². The minimum Gasteiger partial charge on any atom is -0.482 e. The fourth-order valence-corrected chi connectivity index (χ4v) is 3.63. The van der Waals surface area contributed by atoms with Gasteiger partial charge in [-0.1, -0.05) is 13.8 Å². The molecule has 1 aromatic heterocycles. The molecule has 1 atom stereocenters. The van der Waals surface area contributed by atoms with Gasteiger partial charge in [0.25, 0.3) is 5.91 Å². The van der Waals surface area contributed by atoms with Crippen molar-refractivity contribution in [2.45, 2.75) is 26.9 Å². The quantitative estimate of drug-likeness (QED) is 0.507.